The van der Waals surface area contributed by atoms with Crippen LogP contribution in [0.25, 0.3) is 0 Å². The normalized spacial score (nSPS) is 12.5. The highest BCUT2D eigenvalue weighted by atomic mass is 16.5. The predicted molar refractivity (Wildman–Crippen MR) is 95.0 cm³/mol. The minimum absolute atomic E-state index is 0.165. The Kier molecular flexibility index (Phi) is 6.49. The van der Waals surface area contributed by atoms with Gasteiger partial charge in [0.25, 0.3) is 0 Å². The molecular formula is C20H34O2. The second-order valence-corrected chi connectivity index (χ2v) is 8.10. The van der Waals surface area contributed by atoms with Gasteiger partial charge in [0.2, 0.25) is 0 Å². The summed E-state index contributed by atoms with van der Waals surface area (Å²) >= 11 is 0. The standard InChI is InChI=1S/C20H34O2/c1-9-16-13-17(20(6,7)14-19(3,4)5)12-15(2)18(16)22-11-10-21-8/h12-13H,9-11,14H2,1-8H3. The van der Waals surface area contributed by atoms with Gasteiger partial charge < -0.3 is 9.47 Å². The molecule has 0 saturated carbocycles. The van der Waals surface area contributed by atoms with E-state index in [1.54, 1.807) is 7.11 Å². The Bertz CT molecular complexity index is 481. The summed E-state index contributed by atoms with van der Waals surface area (Å²) in [6, 6.07) is 4.63. The van der Waals surface area contributed by atoms with E-state index >= 15 is 0 Å². The zero-order chi connectivity index (χ0) is 17.0. The second-order valence-electron chi connectivity index (χ2n) is 8.10. The van der Waals surface area contributed by atoms with E-state index in [0.29, 0.717) is 18.6 Å². The minimum atomic E-state index is 0.165. The number of rotatable bonds is 7. The van der Waals surface area contributed by atoms with Crippen molar-refractivity contribution in [3.8, 4) is 5.75 Å². The van der Waals surface area contributed by atoms with Crippen LogP contribution in [0.5, 0.6) is 5.75 Å². The van der Waals surface area contributed by atoms with E-state index in [-0.39, 0.29) is 5.41 Å². The largest absolute Gasteiger partial charge is 0.491 e. The molecule has 0 saturated heterocycles. The van der Waals surface area contributed by atoms with Crippen LogP contribution in [0.2, 0.25) is 0 Å². The maximum atomic E-state index is 5.94. The zero-order valence-corrected chi connectivity index (χ0v) is 15.8. The summed E-state index contributed by atoms with van der Waals surface area (Å²) in [4.78, 5) is 0. The van der Waals surface area contributed by atoms with E-state index in [1.807, 2.05) is 0 Å². The molecule has 0 atom stereocenters. The molecule has 0 heterocycles. The summed E-state index contributed by atoms with van der Waals surface area (Å²) in [5.41, 5.74) is 4.42. The van der Waals surface area contributed by atoms with Crippen molar-refractivity contribution in [2.45, 2.75) is 66.7 Å². The van der Waals surface area contributed by atoms with Gasteiger partial charge >= 0.3 is 0 Å². The van der Waals surface area contributed by atoms with Crippen LogP contribution in [0.1, 0.15) is 64.7 Å². The molecule has 2 heteroatoms. The summed E-state index contributed by atoms with van der Waals surface area (Å²) in [5.74, 6) is 1.04. The van der Waals surface area contributed by atoms with Gasteiger partial charge in [-0.05, 0) is 47.3 Å². The lowest BCUT2D eigenvalue weighted by atomic mass is 9.71. The Morgan fingerprint density at radius 2 is 1.64 bits per heavy atom. The van der Waals surface area contributed by atoms with E-state index < -0.39 is 0 Å². The van der Waals surface area contributed by atoms with Gasteiger partial charge in [-0.3, -0.25) is 0 Å². The fourth-order valence-electron chi connectivity index (χ4n) is 3.36. The van der Waals surface area contributed by atoms with Crippen molar-refractivity contribution >= 4 is 0 Å². The Labute approximate surface area is 137 Å². The molecular weight excluding hydrogens is 272 g/mol. The Morgan fingerprint density at radius 3 is 2.14 bits per heavy atom. The van der Waals surface area contributed by atoms with Gasteiger partial charge in [0, 0.05) is 7.11 Å². The van der Waals surface area contributed by atoms with Crippen molar-refractivity contribution in [2.24, 2.45) is 5.41 Å². The van der Waals surface area contributed by atoms with E-state index in [1.165, 1.54) is 16.7 Å². The van der Waals surface area contributed by atoms with Crippen molar-refractivity contribution in [1.82, 2.24) is 0 Å². The first-order valence-corrected chi connectivity index (χ1v) is 8.36. The van der Waals surface area contributed by atoms with E-state index in [9.17, 15) is 0 Å². The maximum absolute atomic E-state index is 5.94. The Balaban J connectivity index is 3.11. The monoisotopic (exact) mass is 306 g/mol. The number of ether oxygens (including phenoxy) is 2. The number of methoxy groups -OCH3 is 1. The highest BCUT2D eigenvalue weighted by Gasteiger charge is 2.28. The third kappa shape index (κ3) is 5.31. The lowest BCUT2D eigenvalue weighted by Crippen LogP contribution is -2.25. The molecule has 0 amide bonds. The van der Waals surface area contributed by atoms with E-state index in [2.05, 4.69) is 60.6 Å². The Hall–Kier alpha value is -1.02. The first-order valence-electron chi connectivity index (χ1n) is 8.36. The highest BCUT2D eigenvalue weighted by Crippen LogP contribution is 2.39. The summed E-state index contributed by atoms with van der Waals surface area (Å²) in [6.45, 7) is 17.2. The van der Waals surface area contributed by atoms with Crippen molar-refractivity contribution < 1.29 is 9.47 Å². The van der Waals surface area contributed by atoms with Crippen molar-refractivity contribution in [3.05, 3.63) is 28.8 Å². The minimum Gasteiger partial charge on any atom is -0.491 e. The second kappa shape index (κ2) is 7.50. The maximum Gasteiger partial charge on any atom is 0.125 e. The third-order valence-corrected chi connectivity index (χ3v) is 4.02. The van der Waals surface area contributed by atoms with Crippen LogP contribution in [-0.2, 0) is 16.6 Å². The van der Waals surface area contributed by atoms with Crippen LogP contribution in [0.4, 0.5) is 0 Å². The third-order valence-electron chi connectivity index (χ3n) is 4.02. The number of benzene rings is 1. The fraction of sp³-hybridized carbons (Fsp3) is 0.700. The van der Waals surface area contributed by atoms with Crippen LogP contribution in [-0.4, -0.2) is 20.3 Å². The molecule has 0 radical (unpaired) electrons. The average Bonchev–Trinajstić information content (AvgIpc) is 2.37. The van der Waals surface area contributed by atoms with Gasteiger partial charge in [-0.1, -0.05) is 53.7 Å². The van der Waals surface area contributed by atoms with Crippen LogP contribution >= 0.6 is 0 Å². The quantitative estimate of drug-likeness (QED) is 0.637. The SMILES string of the molecule is CCc1cc(C(C)(C)CC(C)(C)C)cc(C)c1OCCOC. The molecule has 0 fully saturated rings. The Morgan fingerprint density at radius 1 is 1.00 bits per heavy atom. The molecule has 0 unspecified atom stereocenters. The molecule has 22 heavy (non-hydrogen) atoms. The average molecular weight is 306 g/mol. The van der Waals surface area contributed by atoms with Crippen molar-refractivity contribution in [1.29, 1.82) is 0 Å². The molecule has 0 aliphatic carbocycles. The van der Waals surface area contributed by atoms with Gasteiger partial charge in [-0.2, -0.15) is 0 Å². The van der Waals surface area contributed by atoms with Crippen molar-refractivity contribution in [2.75, 3.05) is 20.3 Å². The van der Waals surface area contributed by atoms with Crippen LogP contribution in [0.3, 0.4) is 0 Å². The summed E-state index contributed by atoms with van der Waals surface area (Å²) in [5, 5.41) is 0. The molecule has 0 spiro atoms. The fourth-order valence-corrected chi connectivity index (χ4v) is 3.36. The lowest BCUT2D eigenvalue weighted by Gasteiger charge is -2.34. The molecule has 2 nitrogen and oxygen atoms in total. The van der Waals surface area contributed by atoms with Crippen LogP contribution in [0.15, 0.2) is 12.1 Å². The number of hydrogen-bond donors (Lipinski definition) is 0. The predicted octanol–water partition coefficient (Wildman–Crippen LogP) is 5.30. The van der Waals surface area contributed by atoms with Crippen LogP contribution in [0, 0.1) is 12.3 Å². The first kappa shape index (κ1) is 19.0. The molecule has 126 valence electrons. The first-order chi connectivity index (χ1) is 10.1. The topological polar surface area (TPSA) is 18.5 Å². The molecule has 0 aromatic heterocycles. The molecule has 0 N–H and O–H groups in total. The van der Waals surface area contributed by atoms with Gasteiger partial charge in [-0.25, -0.2) is 0 Å². The lowest BCUT2D eigenvalue weighted by molar-refractivity contribution is 0.145. The molecule has 0 bridgehead atoms. The summed E-state index contributed by atoms with van der Waals surface area (Å²) in [7, 11) is 1.70. The van der Waals surface area contributed by atoms with Crippen LogP contribution < -0.4 is 4.74 Å². The summed E-state index contributed by atoms with van der Waals surface area (Å²) < 4.78 is 11.0. The van der Waals surface area contributed by atoms with E-state index in [0.717, 1.165) is 18.6 Å². The van der Waals surface area contributed by atoms with Gasteiger partial charge in [0.1, 0.15) is 12.4 Å². The zero-order valence-electron chi connectivity index (χ0n) is 15.8. The van der Waals surface area contributed by atoms with Gasteiger partial charge in [-0.15, -0.1) is 0 Å². The molecule has 1 rings (SSSR count). The molecule has 1 aromatic rings. The summed E-state index contributed by atoms with van der Waals surface area (Å²) in [6.07, 6.45) is 2.15. The van der Waals surface area contributed by atoms with Crippen molar-refractivity contribution in [3.63, 3.8) is 0 Å². The smallest absolute Gasteiger partial charge is 0.125 e. The molecule has 1 aromatic carbocycles. The number of aryl methyl sites for hydroxylation is 2. The van der Waals surface area contributed by atoms with Gasteiger partial charge in [0.15, 0.2) is 0 Å². The molecule has 0 aliphatic rings. The molecule has 0 aliphatic heterocycles. The van der Waals surface area contributed by atoms with Gasteiger partial charge in [0.05, 0.1) is 6.61 Å². The highest BCUT2D eigenvalue weighted by molar-refractivity contribution is 5.46. The van der Waals surface area contributed by atoms with E-state index in [4.69, 9.17) is 9.47 Å². The number of hydrogen-bond acceptors (Lipinski definition) is 2.